The van der Waals surface area contributed by atoms with Crippen LogP contribution >= 0.6 is 0 Å². The number of amides is 2. The quantitative estimate of drug-likeness (QED) is 0.500. The smallest absolute Gasteiger partial charge is 0.263 e. The van der Waals surface area contributed by atoms with Crippen LogP contribution in [0.4, 0.5) is 8.78 Å². The lowest BCUT2D eigenvalue weighted by Gasteiger charge is -2.27. The van der Waals surface area contributed by atoms with E-state index < -0.39 is 58.9 Å². The highest BCUT2D eigenvalue weighted by atomic mass is 19.2. The number of hydrogen-bond acceptors (Lipinski definition) is 7. The molecule has 3 aromatic rings. The Morgan fingerprint density at radius 2 is 2.06 bits per heavy atom. The number of pyridine rings is 1. The van der Waals surface area contributed by atoms with Crippen molar-refractivity contribution in [3.63, 3.8) is 0 Å². The second kappa shape index (κ2) is 7.75. The number of aromatic nitrogens is 4. The Bertz CT molecular complexity index is 1240. The maximum Gasteiger partial charge on any atom is 0.263 e. The Balaban J connectivity index is 1.71. The van der Waals surface area contributed by atoms with E-state index in [1.54, 1.807) is 6.92 Å². The van der Waals surface area contributed by atoms with Crippen molar-refractivity contribution in [1.82, 2.24) is 24.8 Å². The van der Waals surface area contributed by atoms with Crippen molar-refractivity contribution in [2.45, 2.75) is 19.0 Å². The van der Waals surface area contributed by atoms with Gasteiger partial charge < -0.3 is 19.7 Å². The highest BCUT2D eigenvalue weighted by Crippen LogP contribution is 2.35. The van der Waals surface area contributed by atoms with E-state index in [1.807, 2.05) is 0 Å². The van der Waals surface area contributed by atoms with Crippen LogP contribution in [0, 0.1) is 11.6 Å². The maximum absolute atomic E-state index is 14.1. The minimum Gasteiger partial charge on any atom is -0.486 e. The number of hydrogen-bond donors (Lipinski definition) is 3. The fraction of sp³-hybridized carbons (Fsp3) is 0.278. The van der Waals surface area contributed by atoms with E-state index in [2.05, 4.69) is 20.9 Å². The summed E-state index contributed by atoms with van der Waals surface area (Å²) in [6.45, 7) is 0.932. The molecular weight excluding hydrogens is 418 g/mol. The number of nitrogens with one attached hydrogen (secondary N) is 2. The fourth-order valence-electron chi connectivity index (χ4n) is 3.25. The largest absolute Gasteiger partial charge is 0.486 e. The lowest BCUT2D eigenvalue weighted by atomic mass is 10.1. The maximum atomic E-state index is 14.1. The van der Waals surface area contributed by atoms with Crippen molar-refractivity contribution in [3.05, 3.63) is 52.3 Å². The van der Waals surface area contributed by atoms with Crippen molar-refractivity contribution < 1.29 is 28.2 Å². The van der Waals surface area contributed by atoms with E-state index in [0.29, 0.717) is 6.07 Å². The third-order valence-electron chi connectivity index (χ3n) is 4.82. The predicted molar refractivity (Wildman–Crippen MR) is 101 cm³/mol. The third-order valence-corrected chi connectivity index (χ3v) is 4.82. The summed E-state index contributed by atoms with van der Waals surface area (Å²) in [6.07, 6.45) is 3.56. The van der Waals surface area contributed by atoms with E-state index >= 15 is 0 Å². The minimum atomic E-state index is -1.41. The molecular formula is C18H16F2N6O5. The highest BCUT2D eigenvalue weighted by molar-refractivity contribution is 6.01. The van der Waals surface area contributed by atoms with Gasteiger partial charge in [0.1, 0.15) is 30.9 Å². The van der Waals surface area contributed by atoms with E-state index in [1.165, 1.54) is 23.4 Å². The zero-order valence-corrected chi connectivity index (χ0v) is 16.0. The van der Waals surface area contributed by atoms with Crippen molar-refractivity contribution in [2.75, 3.05) is 18.6 Å². The molecule has 0 spiro atoms. The number of ether oxygens (including phenoxy) is 1. The molecule has 1 aliphatic heterocycles. The molecule has 2 amide bonds. The second-order valence-corrected chi connectivity index (χ2v) is 6.89. The summed E-state index contributed by atoms with van der Waals surface area (Å²) in [5.74, 6) is -4.69. The van der Waals surface area contributed by atoms with E-state index in [9.17, 15) is 28.3 Å². The SMILES string of the molecule is CC1COc2c(F)c(F)cc3c(=O)c(C(=O)NC(CO)C(=O)Nn4cnnc4)cn1c23. The number of aliphatic hydroxyl groups excluding tert-OH is 1. The molecule has 0 aliphatic carbocycles. The standard InChI is InChI=1S/C18H16F2N6O5/c1-8-5-31-16-13(20)11(19)2-9-14(16)26(8)3-10(15(9)28)17(29)23-12(4-27)18(30)24-25-6-21-22-7-25/h2-3,6-8,12,27H,4-5H2,1H3,(H,23,29)(H,24,30). The number of rotatable bonds is 5. The topological polar surface area (TPSA) is 140 Å². The monoisotopic (exact) mass is 434 g/mol. The van der Waals surface area contributed by atoms with Crippen LogP contribution in [0.2, 0.25) is 0 Å². The molecule has 0 radical (unpaired) electrons. The van der Waals surface area contributed by atoms with Gasteiger partial charge in [-0.3, -0.25) is 19.8 Å². The molecule has 0 saturated heterocycles. The number of carbonyl (C=O) groups excluding carboxylic acids is 2. The molecule has 162 valence electrons. The van der Waals surface area contributed by atoms with E-state index in [4.69, 9.17) is 4.74 Å². The first-order valence-electron chi connectivity index (χ1n) is 9.08. The van der Waals surface area contributed by atoms with Gasteiger partial charge in [0.05, 0.1) is 23.6 Å². The Kier molecular flexibility index (Phi) is 5.10. The van der Waals surface area contributed by atoms with Gasteiger partial charge in [-0.05, 0) is 13.0 Å². The summed E-state index contributed by atoms with van der Waals surface area (Å²) in [6, 6.07) is -1.10. The van der Waals surface area contributed by atoms with Gasteiger partial charge in [0.2, 0.25) is 11.2 Å². The Labute approximate surface area is 172 Å². The Hall–Kier alpha value is -3.87. The van der Waals surface area contributed by atoms with Gasteiger partial charge >= 0.3 is 0 Å². The molecule has 0 bridgehead atoms. The summed E-state index contributed by atoms with van der Waals surface area (Å²) < 4.78 is 36.0. The van der Waals surface area contributed by atoms with Crippen LogP contribution in [-0.2, 0) is 4.79 Å². The molecule has 13 heteroatoms. The lowest BCUT2D eigenvalue weighted by molar-refractivity contribution is -0.119. The molecule has 2 atom stereocenters. The molecule has 4 rings (SSSR count). The number of aliphatic hydroxyl groups is 1. The zero-order valence-electron chi connectivity index (χ0n) is 16.0. The minimum absolute atomic E-state index is 0.00693. The number of carbonyl (C=O) groups is 2. The van der Waals surface area contributed by atoms with Crippen molar-refractivity contribution in [1.29, 1.82) is 0 Å². The van der Waals surface area contributed by atoms with Crippen molar-refractivity contribution >= 4 is 22.7 Å². The molecule has 11 nitrogen and oxygen atoms in total. The van der Waals surface area contributed by atoms with Crippen LogP contribution < -0.4 is 20.9 Å². The molecule has 1 aliphatic rings. The summed E-state index contributed by atoms with van der Waals surface area (Å²) in [7, 11) is 0. The van der Waals surface area contributed by atoms with Crippen molar-refractivity contribution in [2.24, 2.45) is 0 Å². The van der Waals surface area contributed by atoms with Crippen LogP contribution in [0.1, 0.15) is 23.3 Å². The second-order valence-electron chi connectivity index (χ2n) is 6.89. The average Bonchev–Trinajstić information content (AvgIpc) is 3.25. The van der Waals surface area contributed by atoms with Gasteiger partial charge in [0.15, 0.2) is 11.6 Å². The normalized spacial score (nSPS) is 15.9. The summed E-state index contributed by atoms with van der Waals surface area (Å²) in [5, 5.41) is 18.5. The van der Waals surface area contributed by atoms with Crippen LogP contribution in [0.25, 0.3) is 10.9 Å². The van der Waals surface area contributed by atoms with Crippen LogP contribution in [0.5, 0.6) is 5.75 Å². The first-order valence-corrected chi connectivity index (χ1v) is 9.08. The Morgan fingerprint density at radius 3 is 2.74 bits per heavy atom. The number of nitrogens with zero attached hydrogens (tertiary/aromatic N) is 4. The molecule has 3 N–H and O–H groups in total. The van der Waals surface area contributed by atoms with E-state index in [0.717, 1.165) is 4.68 Å². The lowest BCUT2D eigenvalue weighted by Crippen LogP contribution is -2.48. The van der Waals surface area contributed by atoms with Gasteiger partial charge in [-0.15, -0.1) is 10.2 Å². The van der Waals surface area contributed by atoms with Crippen molar-refractivity contribution in [3.8, 4) is 5.75 Å². The average molecular weight is 434 g/mol. The first-order chi connectivity index (χ1) is 14.8. The van der Waals surface area contributed by atoms with Crippen LogP contribution in [0.3, 0.4) is 0 Å². The summed E-state index contributed by atoms with van der Waals surface area (Å²) in [5.41, 5.74) is 1.07. The van der Waals surface area contributed by atoms with E-state index in [-0.39, 0.29) is 17.5 Å². The zero-order chi connectivity index (χ0) is 22.3. The first kappa shape index (κ1) is 20.4. The van der Waals surface area contributed by atoms with Gasteiger partial charge in [0, 0.05) is 6.20 Å². The molecule has 2 aromatic heterocycles. The van der Waals surface area contributed by atoms with Gasteiger partial charge in [-0.25, -0.2) is 9.07 Å². The van der Waals surface area contributed by atoms with Crippen LogP contribution in [-0.4, -0.2) is 55.6 Å². The van der Waals surface area contributed by atoms with Gasteiger partial charge in [-0.1, -0.05) is 0 Å². The molecule has 3 heterocycles. The van der Waals surface area contributed by atoms with Gasteiger partial charge in [-0.2, -0.15) is 4.39 Å². The summed E-state index contributed by atoms with van der Waals surface area (Å²) >= 11 is 0. The molecule has 2 unspecified atom stereocenters. The molecule has 0 saturated carbocycles. The number of halogens is 2. The van der Waals surface area contributed by atoms with Gasteiger partial charge in [0.25, 0.3) is 11.8 Å². The highest BCUT2D eigenvalue weighted by Gasteiger charge is 2.29. The molecule has 31 heavy (non-hydrogen) atoms. The Morgan fingerprint density at radius 1 is 1.35 bits per heavy atom. The fourth-order valence-corrected chi connectivity index (χ4v) is 3.25. The number of benzene rings is 1. The van der Waals surface area contributed by atoms with Crippen LogP contribution in [0.15, 0.2) is 29.7 Å². The predicted octanol–water partition coefficient (Wildman–Crippen LogP) is -0.314. The molecule has 0 fully saturated rings. The third kappa shape index (κ3) is 3.48. The summed E-state index contributed by atoms with van der Waals surface area (Å²) in [4.78, 5) is 37.9. The molecule has 1 aromatic carbocycles.